The standard InChI is InChI=1S/C43H53N3O3S/c1-2-3-4-5-6-7-8-9-10-11-12-13-14-15-16-22-42(47)46-40-35-37(25-23-36(40)24-26-43(46)48)49-33-18-17-28-44-29-31-45(32-30-44)39-20-19-21-41-38(39)27-34-50-41/h3-4,6-7,9-10,12-13,19-21,23-27,34-35H,2,5,8,11,14-18,22,28-33H2,1H3. The van der Waals surface area contributed by atoms with Crippen molar-refractivity contribution >= 4 is 43.9 Å². The number of hydrogen-bond donors (Lipinski definition) is 0. The van der Waals surface area contributed by atoms with Crippen molar-refractivity contribution in [3.63, 3.8) is 0 Å². The lowest BCUT2D eigenvalue weighted by Gasteiger charge is -2.36. The number of rotatable bonds is 19. The normalized spacial score (nSPS) is 14.5. The molecule has 0 aliphatic carbocycles. The van der Waals surface area contributed by atoms with Gasteiger partial charge in [-0.1, -0.05) is 61.6 Å². The molecule has 264 valence electrons. The molecule has 1 aliphatic heterocycles. The molecule has 6 nitrogen and oxygen atoms in total. The summed E-state index contributed by atoms with van der Waals surface area (Å²) >= 11 is 1.81. The molecule has 0 amide bonds. The van der Waals surface area contributed by atoms with Crippen molar-refractivity contribution in [2.45, 2.75) is 71.1 Å². The predicted octanol–water partition coefficient (Wildman–Crippen LogP) is 10.2. The van der Waals surface area contributed by atoms with E-state index in [2.05, 4.69) is 95.0 Å². The third kappa shape index (κ3) is 11.2. The van der Waals surface area contributed by atoms with Gasteiger partial charge in [-0.2, -0.15) is 0 Å². The van der Waals surface area contributed by atoms with Gasteiger partial charge in [0.1, 0.15) is 5.75 Å². The second kappa shape index (κ2) is 20.5. The van der Waals surface area contributed by atoms with Crippen LogP contribution >= 0.6 is 11.3 Å². The summed E-state index contributed by atoms with van der Waals surface area (Å²) in [7, 11) is 0. The van der Waals surface area contributed by atoms with Crippen LogP contribution in [0.15, 0.2) is 113 Å². The van der Waals surface area contributed by atoms with Gasteiger partial charge in [-0.3, -0.25) is 14.5 Å². The topological polar surface area (TPSA) is 54.8 Å². The molecule has 2 aromatic carbocycles. The molecule has 1 aliphatic rings. The van der Waals surface area contributed by atoms with Crippen LogP contribution in [0.2, 0.25) is 0 Å². The molecule has 0 N–H and O–H groups in total. The quantitative estimate of drug-likeness (QED) is 0.0724. The highest BCUT2D eigenvalue weighted by atomic mass is 32.1. The number of benzene rings is 2. The first-order valence-corrected chi connectivity index (χ1v) is 19.4. The van der Waals surface area contributed by atoms with Gasteiger partial charge in [-0.25, -0.2) is 4.57 Å². The molecule has 0 unspecified atom stereocenters. The molecule has 0 radical (unpaired) electrons. The van der Waals surface area contributed by atoms with Crippen molar-refractivity contribution in [3.8, 4) is 5.75 Å². The number of hydrogen-bond acceptors (Lipinski definition) is 6. The van der Waals surface area contributed by atoms with Crippen LogP contribution < -0.4 is 15.2 Å². The van der Waals surface area contributed by atoms with E-state index in [1.807, 2.05) is 29.5 Å². The SMILES string of the molecule is CCC=CCC=CCC=CCC=CCCCCC(=O)n1c(=O)ccc2ccc(OCCCCN3CCN(c4cccc5sccc45)CC3)cc21. The molecule has 7 heteroatoms. The van der Waals surface area contributed by atoms with Gasteiger partial charge in [0.15, 0.2) is 0 Å². The highest BCUT2D eigenvalue weighted by Crippen LogP contribution is 2.31. The molecule has 0 bridgehead atoms. The summed E-state index contributed by atoms with van der Waals surface area (Å²) in [6, 6.07) is 17.8. The van der Waals surface area contributed by atoms with Crippen molar-refractivity contribution in [2.75, 3.05) is 44.2 Å². The molecule has 0 atom stereocenters. The second-order valence-corrected chi connectivity index (χ2v) is 13.8. The molecule has 50 heavy (non-hydrogen) atoms. The highest BCUT2D eigenvalue weighted by molar-refractivity contribution is 7.17. The minimum Gasteiger partial charge on any atom is -0.494 e. The number of carbonyl (C=O) groups excluding carboxylic acids is 1. The summed E-state index contributed by atoms with van der Waals surface area (Å²) in [5.74, 6) is 0.537. The van der Waals surface area contributed by atoms with Gasteiger partial charge in [0, 0.05) is 60.5 Å². The fourth-order valence-electron chi connectivity index (χ4n) is 6.40. The number of fused-ring (bicyclic) bond motifs is 2. The fourth-order valence-corrected chi connectivity index (χ4v) is 7.21. The zero-order valence-electron chi connectivity index (χ0n) is 29.7. The van der Waals surface area contributed by atoms with Crippen LogP contribution in [-0.4, -0.2) is 54.7 Å². The number of ether oxygens (including phenoxy) is 1. The second-order valence-electron chi connectivity index (χ2n) is 12.9. The fraction of sp³-hybridized carbons (Fsp3) is 0.395. The summed E-state index contributed by atoms with van der Waals surface area (Å²) in [6.45, 7) is 8.06. The molecule has 5 rings (SSSR count). The van der Waals surface area contributed by atoms with Crippen LogP contribution in [0.3, 0.4) is 0 Å². The number of aromatic nitrogens is 1. The predicted molar refractivity (Wildman–Crippen MR) is 213 cm³/mol. The molecule has 4 aromatic rings. The Morgan fingerprint density at radius 2 is 1.54 bits per heavy atom. The lowest BCUT2D eigenvalue weighted by atomic mass is 10.1. The molecule has 2 aromatic heterocycles. The third-order valence-electron chi connectivity index (χ3n) is 9.17. The van der Waals surface area contributed by atoms with E-state index in [0.717, 1.165) is 95.9 Å². The summed E-state index contributed by atoms with van der Waals surface area (Å²) < 4.78 is 8.79. The Morgan fingerprint density at radius 3 is 2.32 bits per heavy atom. The number of nitrogens with zero attached hydrogens (tertiary/aromatic N) is 3. The number of anilines is 1. The maximum atomic E-state index is 13.2. The number of thiophene rings is 1. The monoisotopic (exact) mass is 691 g/mol. The Bertz CT molecular complexity index is 1820. The molecule has 1 saturated heterocycles. The largest absolute Gasteiger partial charge is 0.494 e. The molecular weight excluding hydrogens is 639 g/mol. The lowest BCUT2D eigenvalue weighted by molar-refractivity contribution is 0.0900. The van der Waals surface area contributed by atoms with E-state index in [1.165, 1.54) is 26.4 Å². The smallest absolute Gasteiger partial charge is 0.257 e. The first kappa shape index (κ1) is 37.1. The van der Waals surface area contributed by atoms with Crippen LogP contribution in [0.5, 0.6) is 5.75 Å². The van der Waals surface area contributed by atoms with Crippen LogP contribution in [0, 0.1) is 0 Å². The van der Waals surface area contributed by atoms with E-state index in [0.29, 0.717) is 24.3 Å². The van der Waals surface area contributed by atoms with E-state index in [4.69, 9.17) is 4.74 Å². The van der Waals surface area contributed by atoms with Crippen LogP contribution in [0.4, 0.5) is 5.69 Å². The molecular formula is C43H53N3O3S. The summed E-state index contributed by atoms with van der Waals surface area (Å²) in [5, 5.41) is 4.41. The number of piperazine rings is 1. The Balaban J connectivity index is 0.993. The molecule has 3 heterocycles. The van der Waals surface area contributed by atoms with Crippen molar-refractivity contribution in [1.82, 2.24) is 9.47 Å². The van der Waals surface area contributed by atoms with Crippen molar-refractivity contribution in [3.05, 3.63) is 119 Å². The minimum atomic E-state index is -0.286. The summed E-state index contributed by atoms with van der Waals surface area (Å²) in [6.07, 6.45) is 26.4. The maximum absolute atomic E-state index is 13.2. The number of carbonyl (C=O) groups is 1. The Labute approximate surface area is 302 Å². The van der Waals surface area contributed by atoms with Crippen LogP contribution in [-0.2, 0) is 0 Å². The van der Waals surface area contributed by atoms with E-state index in [-0.39, 0.29) is 11.5 Å². The summed E-state index contributed by atoms with van der Waals surface area (Å²) in [5.41, 5.74) is 1.69. The Kier molecular flexibility index (Phi) is 15.2. The molecule has 0 spiro atoms. The van der Waals surface area contributed by atoms with Gasteiger partial charge in [-0.15, -0.1) is 11.3 Å². The van der Waals surface area contributed by atoms with Gasteiger partial charge < -0.3 is 9.64 Å². The molecule has 1 fully saturated rings. The van der Waals surface area contributed by atoms with Crippen LogP contribution in [0.25, 0.3) is 21.0 Å². The van der Waals surface area contributed by atoms with Gasteiger partial charge in [0.05, 0.1) is 12.1 Å². The van der Waals surface area contributed by atoms with Crippen molar-refractivity contribution in [1.29, 1.82) is 0 Å². The Hall–Kier alpha value is -4.20. The molecule has 0 saturated carbocycles. The number of allylic oxidation sites excluding steroid dienone is 8. The van der Waals surface area contributed by atoms with Gasteiger partial charge in [0.2, 0.25) is 5.91 Å². The maximum Gasteiger partial charge on any atom is 0.257 e. The zero-order valence-corrected chi connectivity index (χ0v) is 30.5. The van der Waals surface area contributed by atoms with E-state index in [1.54, 1.807) is 6.07 Å². The van der Waals surface area contributed by atoms with Crippen LogP contribution in [0.1, 0.15) is 75.9 Å². The third-order valence-corrected chi connectivity index (χ3v) is 10.1. The minimum absolute atomic E-state index is 0.157. The summed E-state index contributed by atoms with van der Waals surface area (Å²) in [4.78, 5) is 31.1. The number of unbranched alkanes of at least 4 members (excludes halogenated alkanes) is 3. The first-order valence-electron chi connectivity index (χ1n) is 18.5. The first-order chi connectivity index (χ1) is 24.6. The van der Waals surface area contributed by atoms with E-state index < -0.39 is 0 Å². The van der Waals surface area contributed by atoms with Gasteiger partial charge >= 0.3 is 0 Å². The zero-order chi connectivity index (χ0) is 34.8. The van der Waals surface area contributed by atoms with E-state index in [9.17, 15) is 9.59 Å². The Morgan fingerprint density at radius 1 is 0.800 bits per heavy atom. The lowest BCUT2D eigenvalue weighted by Crippen LogP contribution is -2.46. The number of pyridine rings is 1. The average molecular weight is 692 g/mol. The van der Waals surface area contributed by atoms with Gasteiger partial charge in [-0.05, 0) is 111 Å². The average Bonchev–Trinajstić information content (AvgIpc) is 3.63. The van der Waals surface area contributed by atoms with E-state index >= 15 is 0 Å². The van der Waals surface area contributed by atoms with Crippen molar-refractivity contribution < 1.29 is 9.53 Å². The van der Waals surface area contributed by atoms with Crippen molar-refractivity contribution in [2.24, 2.45) is 0 Å². The van der Waals surface area contributed by atoms with Gasteiger partial charge in [0.25, 0.3) is 5.56 Å². The highest BCUT2D eigenvalue weighted by Gasteiger charge is 2.18.